The van der Waals surface area contributed by atoms with Crippen molar-refractivity contribution < 1.29 is 28.5 Å². The van der Waals surface area contributed by atoms with Crippen molar-refractivity contribution in [1.29, 1.82) is 0 Å². The zero-order chi connectivity index (χ0) is 23.5. The van der Waals surface area contributed by atoms with Gasteiger partial charge in [0.25, 0.3) is 5.92 Å². The Kier molecular flexibility index (Phi) is 6.60. The number of pyridine rings is 1. The van der Waals surface area contributed by atoms with Crippen LogP contribution in [0.15, 0.2) is 42.6 Å². The number of amides is 2. The number of rotatable bonds is 8. The Hall–Kier alpha value is -3.31. The van der Waals surface area contributed by atoms with Crippen LogP contribution in [0, 0.1) is 0 Å². The van der Waals surface area contributed by atoms with Crippen molar-refractivity contribution in [2.45, 2.75) is 44.4 Å². The van der Waals surface area contributed by atoms with E-state index in [4.69, 9.17) is 4.74 Å². The number of carbonyl (C=O) groups is 1. The van der Waals surface area contributed by atoms with Crippen molar-refractivity contribution in [2.24, 2.45) is 0 Å². The van der Waals surface area contributed by atoms with Crippen molar-refractivity contribution in [3.8, 4) is 5.88 Å². The minimum Gasteiger partial charge on any atom is -0.473 e. The number of fused-ring (bicyclic) bond motifs is 1. The van der Waals surface area contributed by atoms with E-state index in [9.17, 15) is 23.8 Å². The zero-order valence-electron chi connectivity index (χ0n) is 17.8. The molecule has 0 bridgehead atoms. The standard InChI is InChI=1S/C21H25F2N5O4/c1-20(2,31)17(12-7-5-4-6-8-12)26-19(30)25-16-9-14-13(10-24-16)18(28-27-14)32-11-15(29)21(3,22)23/h4-10,15,17,29,31H,11H2,1-3H3,(H,27,28)(H2,24,25,26,30)/t15-,17+/m1/s1. The number of H-pyrrole nitrogens is 1. The predicted molar refractivity (Wildman–Crippen MR) is 114 cm³/mol. The number of hydrogen-bond donors (Lipinski definition) is 5. The number of halogens is 2. The van der Waals surface area contributed by atoms with Gasteiger partial charge in [-0.2, -0.15) is 0 Å². The number of aromatic nitrogens is 3. The summed E-state index contributed by atoms with van der Waals surface area (Å²) in [7, 11) is 0. The van der Waals surface area contributed by atoms with Gasteiger partial charge < -0.3 is 20.3 Å². The van der Waals surface area contributed by atoms with E-state index >= 15 is 0 Å². The number of urea groups is 1. The molecule has 5 N–H and O–H groups in total. The summed E-state index contributed by atoms with van der Waals surface area (Å²) < 4.78 is 31.3. The van der Waals surface area contributed by atoms with Crippen LogP contribution in [0.5, 0.6) is 5.88 Å². The van der Waals surface area contributed by atoms with E-state index in [1.807, 2.05) is 18.2 Å². The van der Waals surface area contributed by atoms with E-state index in [2.05, 4.69) is 25.8 Å². The lowest BCUT2D eigenvalue weighted by Crippen LogP contribution is -2.43. The maximum Gasteiger partial charge on any atom is 0.320 e. The molecule has 0 unspecified atom stereocenters. The van der Waals surface area contributed by atoms with E-state index in [0.29, 0.717) is 17.8 Å². The maximum atomic E-state index is 13.1. The fraction of sp³-hybridized carbons (Fsp3) is 0.381. The summed E-state index contributed by atoms with van der Waals surface area (Å²) in [5.41, 5.74) is -0.0649. The molecule has 0 saturated carbocycles. The average Bonchev–Trinajstić information content (AvgIpc) is 3.11. The lowest BCUT2D eigenvalue weighted by molar-refractivity contribution is -0.107. The Bertz CT molecular complexity index is 1060. The summed E-state index contributed by atoms with van der Waals surface area (Å²) in [5, 5.41) is 32.1. The van der Waals surface area contributed by atoms with Crippen molar-refractivity contribution in [1.82, 2.24) is 20.5 Å². The van der Waals surface area contributed by atoms with Gasteiger partial charge in [0.1, 0.15) is 12.4 Å². The molecule has 0 aliphatic carbocycles. The molecule has 3 aromatic rings. The quantitative estimate of drug-likeness (QED) is 0.359. The molecule has 2 atom stereocenters. The van der Waals surface area contributed by atoms with Gasteiger partial charge in [0, 0.05) is 19.2 Å². The number of ether oxygens (including phenoxy) is 1. The van der Waals surface area contributed by atoms with Crippen molar-refractivity contribution >= 4 is 22.8 Å². The highest BCUT2D eigenvalue weighted by atomic mass is 19.3. The molecule has 2 heterocycles. The Labute approximate surface area is 182 Å². The zero-order valence-corrected chi connectivity index (χ0v) is 17.8. The van der Waals surface area contributed by atoms with E-state index in [-0.39, 0.29) is 11.7 Å². The van der Waals surface area contributed by atoms with Gasteiger partial charge in [-0.3, -0.25) is 10.4 Å². The molecule has 11 heteroatoms. The first-order chi connectivity index (χ1) is 14.9. The minimum absolute atomic E-state index is 0.00188. The van der Waals surface area contributed by atoms with Crippen LogP contribution in [0.25, 0.3) is 10.9 Å². The fourth-order valence-electron chi connectivity index (χ4n) is 2.97. The van der Waals surface area contributed by atoms with Crippen LogP contribution in [-0.4, -0.2) is 55.7 Å². The summed E-state index contributed by atoms with van der Waals surface area (Å²) in [4.78, 5) is 16.6. The normalized spacial score (nSPS) is 14.1. The molecular weight excluding hydrogens is 424 g/mol. The first-order valence-electron chi connectivity index (χ1n) is 9.83. The van der Waals surface area contributed by atoms with Gasteiger partial charge in [0.15, 0.2) is 6.10 Å². The number of carbonyl (C=O) groups excluding carboxylic acids is 1. The lowest BCUT2D eigenvalue weighted by atomic mass is 9.92. The summed E-state index contributed by atoms with van der Waals surface area (Å²) in [6, 6.07) is 9.26. The van der Waals surface area contributed by atoms with Crippen LogP contribution < -0.4 is 15.4 Å². The van der Waals surface area contributed by atoms with Crippen LogP contribution in [-0.2, 0) is 0 Å². The molecule has 0 aliphatic heterocycles. The molecule has 0 fully saturated rings. The second kappa shape index (κ2) is 9.05. The van der Waals surface area contributed by atoms with E-state index in [0.717, 1.165) is 5.56 Å². The highest BCUT2D eigenvalue weighted by Gasteiger charge is 2.33. The summed E-state index contributed by atoms with van der Waals surface area (Å²) in [6.07, 6.45) is -0.634. The smallest absolute Gasteiger partial charge is 0.320 e. The van der Waals surface area contributed by atoms with E-state index < -0.39 is 36.3 Å². The second-order valence-electron chi connectivity index (χ2n) is 8.02. The minimum atomic E-state index is -3.31. The number of alkyl halides is 2. The Morgan fingerprint density at radius 3 is 2.56 bits per heavy atom. The molecule has 2 aromatic heterocycles. The van der Waals surface area contributed by atoms with Gasteiger partial charge in [-0.1, -0.05) is 30.3 Å². The van der Waals surface area contributed by atoms with Gasteiger partial charge in [-0.05, 0) is 19.4 Å². The van der Waals surface area contributed by atoms with Crippen LogP contribution in [0.3, 0.4) is 0 Å². The molecule has 0 radical (unpaired) electrons. The average molecular weight is 449 g/mol. The van der Waals surface area contributed by atoms with Crippen LogP contribution in [0.1, 0.15) is 32.4 Å². The van der Waals surface area contributed by atoms with Gasteiger partial charge in [-0.25, -0.2) is 18.6 Å². The number of benzene rings is 1. The molecule has 0 spiro atoms. The van der Waals surface area contributed by atoms with E-state index in [1.54, 1.807) is 26.0 Å². The third-order valence-corrected chi connectivity index (χ3v) is 4.73. The first kappa shape index (κ1) is 23.4. The number of aliphatic hydroxyl groups is 2. The molecule has 3 rings (SSSR count). The highest BCUT2D eigenvalue weighted by Crippen LogP contribution is 2.27. The van der Waals surface area contributed by atoms with Gasteiger partial charge in [-0.15, -0.1) is 5.10 Å². The predicted octanol–water partition coefficient (Wildman–Crippen LogP) is 2.99. The molecule has 172 valence electrons. The third-order valence-electron chi connectivity index (χ3n) is 4.73. The Morgan fingerprint density at radius 1 is 1.25 bits per heavy atom. The van der Waals surface area contributed by atoms with Crippen molar-refractivity contribution in [3.05, 3.63) is 48.2 Å². The van der Waals surface area contributed by atoms with E-state index in [1.165, 1.54) is 12.3 Å². The van der Waals surface area contributed by atoms with Crippen LogP contribution in [0.4, 0.5) is 19.4 Å². The molecule has 1 aromatic carbocycles. The highest BCUT2D eigenvalue weighted by molar-refractivity contribution is 5.92. The number of nitrogens with one attached hydrogen (secondary N) is 3. The summed E-state index contributed by atoms with van der Waals surface area (Å²) >= 11 is 0. The first-order valence-corrected chi connectivity index (χ1v) is 9.83. The SMILES string of the molecule is CC(C)(O)[C@@H](NC(=O)Nc1cc2[nH]nc(OC[C@@H](O)C(C)(F)F)c2cn1)c1ccccc1. The molecule has 0 aliphatic rings. The van der Waals surface area contributed by atoms with Gasteiger partial charge in [0.2, 0.25) is 5.88 Å². The number of hydrogen-bond acceptors (Lipinski definition) is 6. The monoisotopic (exact) mass is 449 g/mol. The van der Waals surface area contributed by atoms with Gasteiger partial charge >= 0.3 is 6.03 Å². The molecule has 9 nitrogen and oxygen atoms in total. The third kappa shape index (κ3) is 5.68. The topological polar surface area (TPSA) is 132 Å². The van der Waals surface area contributed by atoms with Crippen molar-refractivity contribution in [2.75, 3.05) is 11.9 Å². The van der Waals surface area contributed by atoms with Crippen molar-refractivity contribution in [3.63, 3.8) is 0 Å². The Balaban J connectivity index is 1.69. The maximum absolute atomic E-state index is 13.1. The summed E-state index contributed by atoms with van der Waals surface area (Å²) in [5.74, 6) is -3.12. The molecular formula is C21H25F2N5O4. The van der Waals surface area contributed by atoms with Gasteiger partial charge in [0.05, 0.1) is 22.5 Å². The molecule has 0 saturated heterocycles. The lowest BCUT2D eigenvalue weighted by Gasteiger charge is -2.30. The molecule has 32 heavy (non-hydrogen) atoms. The van der Waals surface area contributed by atoms with Crippen LogP contribution in [0.2, 0.25) is 0 Å². The largest absolute Gasteiger partial charge is 0.473 e. The molecule has 2 amide bonds. The van der Waals surface area contributed by atoms with Crippen LogP contribution >= 0.6 is 0 Å². The Morgan fingerprint density at radius 2 is 1.94 bits per heavy atom. The summed E-state index contributed by atoms with van der Waals surface area (Å²) in [6.45, 7) is 3.12. The fourth-order valence-corrected chi connectivity index (χ4v) is 2.97. The number of anilines is 1. The number of aliphatic hydroxyl groups excluding tert-OH is 1. The number of aromatic amines is 1. The second-order valence-corrected chi connectivity index (χ2v) is 8.02. The number of nitrogens with zero attached hydrogens (tertiary/aromatic N) is 2.